The molecule has 0 radical (unpaired) electrons. The molecule has 0 unspecified atom stereocenters. The summed E-state index contributed by atoms with van der Waals surface area (Å²) in [6, 6.07) is 8.07. The van der Waals surface area contributed by atoms with Gasteiger partial charge in [0.1, 0.15) is 11.6 Å². The molecule has 4 rings (SSSR count). The van der Waals surface area contributed by atoms with Crippen molar-refractivity contribution in [2.24, 2.45) is 0 Å². The van der Waals surface area contributed by atoms with Gasteiger partial charge < -0.3 is 14.4 Å². The first kappa shape index (κ1) is 18.1. The van der Waals surface area contributed by atoms with Gasteiger partial charge in [0, 0.05) is 25.9 Å². The van der Waals surface area contributed by atoms with Crippen molar-refractivity contribution in [1.29, 1.82) is 0 Å². The maximum atomic E-state index is 13.0. The molecule has 2 saturated heterocycles. The van der Waals surface area contributed by atoms with Crippen LogP contribution in [-0.4, -0.2) is 45.5 Å². The highest BCUT2D eigenvalue weighted by molar-refractivity contribution is 7.92. The molecule has 144 valence electrons. The van der Waals surface area contributed by atoms with Crippen LogP contribution in [0.5, 0.6) is 0 Å². The molecule has 2 aliphatic heterocycles. The molecule has 0 saturated carbocycles. The van der Waals surface area contributed by atoms with Crippen molar-refractivity contribution in [3.8, 4) is 0 Å². The van der Waals surface area contributed by atoms with Crippen molar-refractivity contribution in [3.63, 3.8) is 0 Å². The van der Waals surface area contributed by atoms with Crippen molar-refractivity contribution < 1.29 is 22.3 Å². The number of hydrogen-bond acceptors (Lipinski definition) is 6. The van der Waals surface area contributed by atoms with Gasteiger partial charge in [-0.25, -0.2) is 17.8 Å². The molecule has 3 heterocycles. The molecular weight excluding hydrogens is 373 g/mol. The molecule has 7 nitrogen and oxygen atoms in total. The number of nitrogens with one attached hydrogen (secondary N) is 1. The number of pyridine rings is 1. The van der Waals surface area contributed by atoms with E-state index in [1.165, 1.54) is 12.1 Å². The van der Waals surface area contributed by atoms with E-state index in [4.69, 9.17) is 9.47 Å². The third kappa shape index (κ3) is 3.90. The molecule has 1 spiro atoms. The standard InChI is InChI=1S/C18H20FN3O4S/c19-14-1-4-16(5-2-14)27(23,24)21-17-6-3-15(13-20-17)22-9-7-18(8-10-22)25-11-12-26-18/h1-6,13H,7-12H2,(H,20,21). The van der Waals surface area contributed by atoms with Gasteiger partial charge in [-0.2, -0.15) is 0 Å². The Morgan fingerprint density at radius 1 is 1.04 bits per heavy atom. The Bertz CT molecular complexity index is 887. The smallest absolute Gasteiger partial charge is 0.263 e. The van der Waals surface area contributed by atoms with E-state index in [9.17, 15) is 12.8 Å². The number of sulfonamides is 1. The summed E-state index contributed by atoms with van der Waals surface area (Å²) < 4.78 is 51.5. The number of nitrogens with zero attached hydrogens (tertiary/aromatic N) is 2. The van der Waals surface area contributed by atoms with Crippen molar-refractivity contribution in [2.45, 2.75) is 23.5 Å². The molecule has 9 heteroatoms. The molecule has 2 aromatic rings. The van der Waals surface area contributed by atoms with Gasteiger partial charge in [-0.1, -0.05) is 0 Å². The number of halogens is 1. The second-order valence-corrected chi connectivity index (χ2v) is 8.24. The van der Waals surface area contributed by atoms with Crippen molar-refractivity contribution in [2.75, 3.05) is 35.9 Å². The highest BCUT2D eigenvalue weighted by Gasteiger charge is 2.39. The fraction of sp³-hybridized carbons (Fsp3) is 0.389. The second kappa shape index (κ2) is 7.06. The number of benzene rings is 1. The first-order valence-electron chi connectivity index (χ1n) is 8.73. The summed E-state index contributed by atoms with van der Waals surface area (Å²) in [6.07, 6.45) is 3.20. The van der Waals surface area contributed by atoms with Crippen molar-refractivity contribution >= 4 is 21.5 Å². The van der Waals surface area contributed by atoms with E-state index in [0.717, 1.165) is 43.8 Å². The van der Waals surface area contributed by atoms with E-state index in [1.54, 1.807) is 12.3 Å². The Kier molecular flexibility index (Phi) is 4.75. The van der Waals surface area contributed by atoms with Crippen LogP contribution in [-0.2, 0) is 19.5 Å². The van der Waals surface area contributed by atoms with Crippen LogP contribution in [0.2, 0.25) is 0 Å². The van der Waals surface area contributed by atoms with E-state index < -0.39 is 21.6 Å². The third-order valence-corrected chi connectivity index (χ3v) is 6.19. The first-order chi connectivity index (χ1) is 13.0. The monoisotopic (exact) mass is 393 g/mol. The zero-order valence-electron chi connectivity index (χ0n) is 14.6. The lowest BCUT2D eigenvalue weighted by atomic mass is 10.0. The number of anilines is 2. The molecular formula is C18H20FN3O4S. The quantitative estimate of drug-likeness (QED) is 0.859. The SMILES string of the molecule is O=S(=O)(Nc1ccc(N2CCC3(CC2)OCCO3)cn1)c1ccc(F)cc1. The normalized spacial score (nSPS) is 19.4. The fourth-order valence-electron chi connectivity index (χ4n) is 3.34. The van der Waals surface area contributed by atoms with Crippen LogP contribution in [0.25, 0.3) is 0 Å². The van der Waals surface area contributed by atoms with Gasteiger partial charge in [0.05, 0.1) is 30.0 Å². The highest BCUT2D eigenvalue weighted by Crippen LogP contribution is 2.33. The van der Waals surface area contributed by atoms with Crippen LogP contribution >= 0.6 is 0 Å². The van der Waals surface area contributed by atoms with Crippen LogP contribution < -0.4 is 9.62 Å². The Hall–Kier alpha value is -2.23. The minimum atomic E-state index is -3.81. The molecule has 0 amide bonds. The molecule has 1 aromatic heterocycles. The molecule has 2 fully saturated rings. The average Bonchev–Trinajstić information content (AvgIpc) is 3.11. The van der Waals surface area contributed by atoms with Crippen LogP contribution in [0, 0.1) is 5.82 Å². The summed E-state index contributed by atoms with van der Waals surface area (Å²) in [7, 11) is -3.81. The van der Waals surface area contributed by atoms with E-state index in [2.05, 4.69) is 14.6 Å². The fourth-order valence-corrected chi connectivity index (χ4v) is 4.34. The summed E-state index contributed by atoms with van der Waals surface area (Å²) in [5.41, 5.74) is 0.910. The number of piperidine rings is 1. The van der Waals surface area contributed by atoms with Crippen molar-refractivity contribution in [3.05, 3.63) is 48.4 Å². The topological polar surface area (TPSA) is 80.8 Å². The molecule has 0 bridgehead atoms. The molecule has 27 heavy (non-hydrogen) atoms. The highest BCUT2D eigenvalue weighted by atomic mass is 32.2. The van der Waals surface area contributed by atoms with Crippen LogP contribution in [0.3, 0.4) is 0 Å². The predicted molar refractivity (Wildman–Crippen MR) is 97.5 cm³/mol. The van der Waals surface area contributed by atoms with Gasteiger partial charge >= 0.3 is 0 Å². The summed E-state index contributed by atoms with van der Waals surface area (Å²) >= 11 is 0. The number of aromatic nitrogens is 1. The van der Waals surface area contributed by atoms with Crippen LogP contribution in [0.15, 0.2) is 47.5 Å². The van der Waals surface area contributed by atoms with Gasteiger partial charge in [0.2, 0.25) is 0 Å². The average molecular weight is 393 g/mol. The van der Waals surface area contributed by atoms with Crippen molar-refractivity contribution in [1.82, 2.24) is 4.98 Å². The molecule has 1 aromatic carbocycles. The molecule has 0 atom stereocenters. The molecule has 2 aliphatic rings. The minimum Gasteiger partial charge on any atom is -0.370 e. The van der Waals surface area contributed by atoms with Gasteiger partial charge in [-0.05, 0) is 36.4 Å². The largest absolute Gasteiger partial charge is 0.370 e. The zero-order valence-corrected chi connectivity index (χ0v) is 15.4. The summed E-state index contributed by atoms with van der Waals surface area (Å²) in [6.45, 7) is 2.85. The molecule has 0 aliphatic carbocycles. The Labute approximate surface area is 157 Å². The van der Waals surface area contributed by atoms with Gasteiger partial charge in [0.25, 0.3) is 10.0 Å². The lowest BCUT2D eigenvalue weighted by Crippen LogP contribution is -2.45. The van der Waals surface area contributed by atoms with E-state index >= 15 is 0 Å². The first-order valence-corrected chi connectivity index (χ1v) is 10.2. The summed E-state index contributed by atoms with van der Waals surface area (Å²) in [5, 5.41) is 0. The maximum Gasteiger partial charge on any atom is 0.263 e. The Morgan fingerprint density at radius 3 is 2.30 bits per heavy atom. The summed E-state index contributed by atoms with van der Waals surface area (Å²) in [5.74, 6) is -0.721. The van der Waals surface area contributed by atoms with Crippen LogP contribution in [0.4, 0.5) is 15.9 Å². The Balaban J connectivity index is 1.41. The number of ether oxygens (including phenoxy) is 2. The minimum absolute atomic E-state index is 0.0207. The van der Waals surface area contributed by atoms with E-state index in [-0.39, 0.29) is 10.7 Å². The predicted octanol–water partition coefficient (Wildman–Crippen LogP) is 2.36. The van der Waals surface area contributed by atoms with E-state index in [1.807, 2.05) is 6.07 Å². The molecule has 1 N–H and O–H groups in total. The zero-order chi connectivity index (χ0) is 18.9. The number of rotatable bonds is 4. The lowest BCUT2D eigenvalue weighted by molar-refractivity contribution is -0.169. The summed E-state index contributed by atoms with van der Waals surface area (Å²) in [4.78, 5) is 6.35. The van der Waals surface area contributed by atoms with Crippen LogP contribution in [0.1, 0.15) is 12.8 Å². The maximum absolute atomic E-state index is 13.0. The Morgan fingerprint density at radius 2 is 1.70 bits per heavy atom. The van der Waals surface area contributed by atoms with Gasteiger partial charge in [-0.15, -0.1) is 0 Å². The lowest BCUT2D eigenvalue weighted by Gasteiger charge is -2.38. The third-order valence-electron chi connectivity index (χ3n) is 4.81. The van der Waals surface area contributed by atoms with Gasteiger partial charge in [0.15, 0.2) is 5.79 Å². The van der Waals surface area contributed by atoms with Gasteiger partial charge in [-0.3, -0.25) is 4.72 Å². The second-order valence-electron chi connectivity index (χ2n) is 6.56. The van der Waals surface area contributed by atoms with E-state index in [0.29, 0.717) is 13.2 Å². The number of hydrogen-bond donors (Lipinski definition) is 1.